The van der Waals surface area contributed by atoms with Gasteiger partial charge in [-0.05, 0) is 24.6 Å². The fraction of sp³-hybridized carbons (Fsp3) is 0.438. The molecule has 1 atom stereocenters. The molecule has 136 valence electrons. The average molecular weight is 368 g/mol. The molecular formula is C16H20N2O6S. The Hall–Kier alpha value is -2.44. The molecule has 0 saturated carbocycles. The molecule has 0 aliphatic heterocycles. The summed E-state index contributed by atoms with van der Waals surface area (Å²) < 4.78 is 33.0. The number of sulfone groups is 1. The maximum Gasteiger partial charge on any atom is 0.338 e. The highest BCUT2D eigenvalue weighted by atomic mass is 32.2. The van der Waals surface area contributed by atoms with E-state index < -0.39 is 33.6 Å². The number of carbonyl (C=O) groups is 2. The lowest BCUT2D eigenvalue weighted by atomic mass is 10.1. The topological polar surface area (TPSA) is 123 Å². The number of esters is 1. The minimum atomic E-state index is -3.50. The molecule has 0 aliphatic rings. The van der Waals surface area contributed by atoms with Crippen LogP contribution in [0.25, 0.3) is 0 Å². The quantitative estimate of drug-likeness (QED) is 0.495. The predicted octanol–water partition coefficient (Wildman–Crippen LogP) is 0.433. The van der Waals surface area contributed by atoms with Gasteiger partial charge in [0.2, 0.25) is 0 Å². The largest absolute Gasteiger partial charge is 0.449 e. The van der Waals surface area contributed by atoms with E-state index in [1.807, 2.05) is 0 Å². The van der Waals surface area contributed by atoms with Crippen molar-refractivity contribution < 1.29 is 27.5 Å². The Morgan fingerprint density at radius 3 is 2.48 bits per heavy atom. The Labute approximate surface area is 146 Å². The van der Waals surface area contributed by atoms with E-state index in [0.717, 1.165) is 0 Å². The van der Waals surface area contributed by atoms with Crippen LogP contribution in [0.5, 0.6) is 0 Å². The Morgan fingerprint density at radius 2 is 1.92 bits per heavy atom. The second-order valence-corrected chi connectivity index (χ2v) is 7.28. The van der Waals surface area contributed by atoms with E-state index in [2.05, 4.69) is 5.32 Å². The number of methoxy groups -OCH3 is 1. The molecule has 0 spiro atoms. The van der Waals surface area contributed by atoms with Gasteiger partial charge in [-0.25, -0.2) is 13.2 Å². The predicted molar refractivity (Wildman–Crippen MR) is 89.3 cm³/mol. The second-order valence-electron chi connectivity index (χ2n) is 5.22. The van der Waals surface area contributed by atoms with Crippen molar-refractivity contribution in [1.29, 1.82) is 5.26 Å². The van der Waals surface area contributed by atoms with Crippen molar-refractivity contribution in [3.8, 4) is 6.07 Å². The zero-order valence-electron chi connectivity index (χ0n) is 14.0. The van der Waals surface area contributed by atoms with Gasteiger partial charge in [0.05, 0.1) is 24.0 Å². The first-order chi connectivity index (χ1) is 11.8. The molecule has 1 N–H and O–H groups in total. The fourth-order valence-electron chi connectivity index (χ4n) is 1.84. The van der Waals surface area contributed by atoms with Crippen molar-refractivity contribution in [1.82, 2.24) is 5.32 Å². The van der Waals surface area contributed by atoms with Crippen molar-refractivity contribution in [3.63, 3.8) is 0 Å². The Balaban J connectivity index is 2.62. The molecule has 0 heterocycles. The smallest absolute Gasteiger partial charge is 0.338 e. The standard InChI is InChI=1S/C16H20N2O6S/c1-12(15(19)18-8-9-23-2)24-16(20)14-5-3-13(4-6-14)11-25(21,22)10-7-17/h3-6,12H,8-11H2,1-2H3,(H,18,19)/t12-/m0/s1. The number of nitrogens with zero attached hydrogens (tertiary/aromatic N) is 1. The summed E-state index contributed by atoms with van der Waals surface area (Å²) in [5, 5.41) is 11.0. The molecule has 1 rings (SSSR count). The molecule has 1 aromatic rings. The number of nitrogens with one attached hydrogen (secondary N) is 1. The van der Waals surface area contributed by atoms with Crippen LogP contribution in [0.4, 0.5) is 0 Å². The fourth-order valence-corrected chi connectivity index (χ4v) is 2.84. The van der Waals surface area contributed by atoms with Gasteiger partial charge in [0, 0.05) is 13.7 Å². The summed E-state index contributed by atoms with van der Waals surface area (Å²) in [5.41, 5.74) is 0.648. The summed E-state index contributed by atoms with van der Waals surface area (Å²) in [5.74, 6) is -1.98. The minimum absolute atomic E-state index is 0.193. The monoisotopic (exact) mass is 368 g/mol. The van der Waals surface area contributed by atoms with E-state index in [0.29, 0.717) is 18.7 Å². The molecule has 0 fully saturated rings. The van der Waals surface area contributed by atoms with E-state index in [-0.39, 0.29) is 11.3 Å². The zero-order chi connectivity index (χ0) is 18.9. The Bertz CT molecular complexity index is 737. The van der Waals surface area contributed by atoms with E-state index in [9.17, 15) is 18.0 Å². The van der Waals surface area contributed by atoms with Crippen LogP contribution in [0.15, 0.2) is 24.3 Å². The van der Waals surface area contributed by atoms with Crippen molar-refractivity contribution in [2.24, 2.45) is 0 Å². The van der Waals surface area contributed by atoms with Crippen LogP contribution in [0.3, 0.4) is 0 Å². The van der Waals surface area contributed by atoms with Crippen LogP contribution in [-0.4, -0.2) is 52.4 Å². The van der Waals surface area contributed by atoms with Crippen LogP contribution in [-0.2, 0) is 29.9 Å². The highest BCUT2D eigenvalue weighted by Crippen LogP contribution is 2.11. The number of amides is 1. The molecule has 8 nitrogen and oxygen atoms in total. The third kappa shape index (κ3) is 7.32. The van der Waals surface area contributed by atoms with Crippen molar-refractivity contribution >= 4 is 21.7 Å². The molecule has 0 aliphatic carbocycles. The van der Waals surface area contributed by atoms with Gasteiger partial charge in [-0.15, -0.1) is 0 Å². The van der Waals surface area contributed by atoms with Crippen molar-refractivity contribution in [3.05, 3.63) is 35.4 Å². The zero-order valence-corrected chi connectivity index (χ0v) is 14.8. The van der Waals surface area contributed by atoms with Crippen LogP contribution in [0.2, 0.25) is 0 Å². The van der Waals surface area contributed by atoms with E-state index in [1.165, 1.54) is 38.3 Å². The maximum absolute atomic E-state index is 12.0. The van der Waals surface area contributed by atoms with Gasteiger partial charge in [-0.1, -0.05) is 12.1 Å². The Morgan fingerprint density at radius 1 is 1.28 bits per heavy atom. The third-order valence-corrected chi connectivity index (χ3v) is 4.46. The summed E-state index contributed by atoms with van der Waals surface area (Å²) >= 11 is 0. The van der Waals surface area contributed by atoms with Crippen LogP contribution < -0.4 is 5.32 Å². The van der Waals surface area contributed by atoms with Gasteiger partial charge in [0.1, 0.15) is 5.75 Å². The first kappa shape index (κ1) is 20.6. The van der Waals surface area contributed by atoms with Gasteiger partial charge in [0.25, 0.3) is 5.91 Å². The molecule has 1 aromatic carbocycles. The number of carbonyl (C=O) groups excluding carboxylic acids is 2. The molecule has 25 heavy (non-hydrogen) atoms. The van der Waals surface area contributed by atoms with Crippen molar-refractivity contribution in [2.45, 2.75) is 18.8 Å². The van der Waals surface area contributed by atoms with Crippen LogP contribution in [0.1, 0.15) is 22.8 Å². The number of hydrogen-bond donors (Lipinski definition) is 1. The molecule has 0 aromatic heterocycles. The molecule has 0 saturated heterocycles. The lowest BCUT2D eigenvalue weighted by Gasteiger charge is -2.13. The summed E-state index contributed by atoms with van der Waals surface area (Å²) in [6.45, 7) is 2.11. The SMILES string of the molecule is COCCNC(=O)[C@H](C)OC(=O)c1ccc(CS(=O)(=O)CC#N)cc1. The highest BCUT2D eigenvalue weighted by Gasteiger charge is 2.19. The number of hydrogen-bond acceptors (Lipinski definition) is 7. The van der Waals surface area contributed by atoms with E-state index >= 15 is 0 Å². The Kier molecular flexibility index (Phi) is 8.04. The van der Waals surface area contributed by atoms with Gasteiger partial charge < -0.3 is 14.8 Å². The van der Waals surface area contributed by atoms with E-state index in [1.54, 1.807) is 6.07 Å². The maximum atomic E-state index is 12.0. The van der Waals surface area contributed by atoms with Crippen molar-refractivity contribution in [2.75, 3.05) is 26.0 Å². The third-order valence-electron chi connectivity index (χ3n) is 3.12. The van der Waals surface area contributed by atoms with Gasteiger partial charge >= 0.3 is 5.97 Å². The number of benzene rings is 1. The summed E-state index contributed by atoms with van der Waals surface area (Å²) in [4.78, 5) is 23.7. The summed E-state index contributed by atoms with van der Waals surface area (Å²) in [6.07, 6.45) is -0.972. The normalized spacial score (nSPS) is 12.0. The van der Waals surface area contributed by atoms with E-state index in [4.69, 9.17) is 14.7 Å². The highest BCUT2D eigenvalue weighted by molar-refractivity contribution is 7.90. The number of rotatable bonds is 9. The summed E-state index contributed by atoms with van der Waals surface area (Å²) in [7, 11) is -1.99. The molecule has 9 heteroatoms. The first-order valence-electron chi connectivity index (χ1n) is 7.43. The lowest BCUT2D eigenvalue weighted by molar-refractivity contribution is -0.129. The molecule has 0 radical (unpaired) electrons. The average Bonchev–Trinajstić information content (AvgIpc) is 2.55. The van der Waals surface area contributed by atoms with Gasteiger partial charge in [-0.3, -0.25) is 4.79 Å². The number of nitriles is 1. The molecule has 0 bridgehead atoms. The lowest BCUT2D eigenvalue weighted by Crippen LogP contribution is -2.37. The summed E-state index contributed by atoms with van der Waals surface area (Å²) in [6, 6.07) is 7.36. The van der Waals surface area contributed by atoms with Crippen LogP contribution >= 0.6 is 0 Å². The van der Waals surface area contributed by atoms with Gasteiger partial charge in [-0.2, -0.15) is 5.26 Å². The molecular weight excluding hydrogens is 348 g/mol. The number of ether oxygens (including phenoxy) is 2. The molecule has 1 amide bonds. The second kappa shape index (κ2) is 9.76. The first-order valence-corrected chi connectivity index (χ1v) is 9.25. The van der Waals surface area contributed by atoms with Gasteiger partial charge in [0.15, 0.2) is 15.9 Å². The minimum Gasteiger partial charge on any atom is -0.449 e. The van der Waals surface area contributed by atoms with Crippen LogP contribution in [0, 0.1) is 11.3 Å². The molecule has 0 unspecified atom stereocenters.